The van der Waals surface area contributed by atoms with E-state index >= 15 is 0 Å². The van der Waals surface area contributed by atoms with Gasteiger partial charge in [-0.3, -0.25) is 9.89 Å². The molecule has 0 aliphatic heterocycles. The molecule has 110 valence electrons. The van der Waals surface area contributed by atoms with Crippen LogP contribution in [0.2, 0.25) is 0 Å². The van der Waals surface area contributed by atoms with E-state index in [-0.39, 0.29) is 17.6 Å². The summed E-state index contributed by atoms with van der Waals surface area (Å²) in [4.78, 5) is 12.2. The van der Waals surface area contributed by atoms with E-state index in [1.807, 2.05) is 6.92 Å². The third-order valence-corrected chi connectivity index (χ3v) is 4.04. The number of amides is 1. The molecule has 4 nitrogen and oxygen atoms in total. The minimum atomic E-state index is -0.287. The number of aromatic nitrogens is 2. The first kappa shape index (κ1) is 13.8. The summed E-state index contributed by atoms with van der Waals surface area (Å²) >= 11 is 0. The van der Waals surface area contributed by atoms with E-state index in [0.717, 1.165) is 42.6 Å². The van der Waals surface area contributed by atoms with Gasteiger partial charge in [-0.1, -0.05) is 13.3 Å². The number of rotatable bonds is 4. The zero-order chi connectivity index (χ0) is 14.8. The molecule has 1 saturated carbocycles. The molecule has 1 aliphatic rings. The SMILES string of the molecule is CCc1[nH]nc(-c2ccc(F)cc2)c1NC(=O)C1CCC1. The normalized spacial score (nSPS) is 14.8. The number of aryl methyl sites for hydroxylation is 1. The first-order chi connectivity index (χ1) is 10.2. The first-order valence-corrected chi connectivity index (χ1v) is 7.33. The Morgan fingerprint density at radius 3 is 2.67 bits per heavy atom. The Morgan fingerprint density at radius 1 is 1.38 bits per heavy atom. The summed E-state index contributed by atoms with van der Waals surface area (Å²) in [5.74, 6) is -0.114. The molecule has 2 N–H and O–H groups in total. The molecule has 0 bridgehead atoms. The largest absolute Gasteiger partial charge is 0.322 e. The highest BCUT2D eigenvalue weighted by Gasteiger charge is 2.27. The third-order valence-electron chi connectivity index (χ3n) is 4.04. The van der Waals surface area contributed by atoms with Gasteiger partial charge < -0.3 is 5.32 Å². The highest BCUT2D eigenvalue weighted by molar-refractivity contribution is 5.97. The molecule has 1 aromatic carbocycles. The summed E-state index contributed by atoms with van der Waals surface area (Å²) in [7, 11) is 0. The Hall–Kier alpha value is -2.17. The molecule has 1 aromatic heterocycles. The van der Waals surface area contributed by atoms with E-state index in [9.17, 15) is 9.18 Å². The van der Waals surface area contributed by atoms with Crippen molar-refractivity contribution in [3.05, 3.63) is 35.8 Å². The predicted molar refractivity (Wildman–Crippen MR) is 79.3 cm³/mol. The van der Waals surface area contributed by atoms with Crippen molar-refractivity contribution in [1.82, 2.24) is 10.2 Å². The highest BCUT2D eigenvalue weighted by Crippen LogP contribution is 2.32. The van der Waals surface area contributed by atoms with E-state index in [2.05, 4.69) is 15.5 Å². The molecule has 21 heavy (non-hydrogen) atoms. The lowest BCUT2D eigenvalue weighted by Crippen LogP contribution is -2.28. The molecule has 0 atom stereocenters. The minimum Gasteiger partial charge on any atom is -0.322 e. The van der Waals surface area contributed by atoms with Gasteiger partial charge in [0.1, 0.15) is 11.5 Å². The fourth-order valence-corrected chi connectivity index (χ4v) is 2.48. The van der Waals surface area contributed by atoms with Crippen LogP contribution in [-0.4, -0.2) is 16.1 Å². The average molecular weight is 287 g/mol. The quantitative estimate of drug-likeness (QED) is 0.904. The van der Waals surface area contributed by atoms with Crippen LogP contribution in [-0.2, 0) is 11.2 Å². The van der Waals surface area contributed by atoms with Crippen LogP contribution >= 0.6 is 0 Å². The van der Waals surface area contributed by atoms with Gasteiger partial charge in [-0.15, -0.1) is 0 Å². The van der Waals surface area contributed by atoms with Gasteiger partial charge in [0.15, 0.2) is 0 Å². The van der Waals surface area contributed by atoms with Crippen LogP contribution in [0.5, 0.6) is 0 Å². The van der Waals surface area contributed by atoms with Crippen molar-refractivity contribution in [1.29, 1.82) is 0 Å². The number of H-pyrrole nitrogens is 1. The molecular weight excluding hydrogens is 269 g/mol. The molecule has 1 amide bonds. The maximum absolute atomic E-state index is 13.0. The van der Waals surface area contributed by atoms with Crippen LogP contribution < -0.4 is 5.32 Å². The Kier molecular flexibility index (Phi) is 3.73. The second-order valence-electron chi connectivity index (χ2n) is 5.40. The number of carbonyl (C=O) groups is 1. The van der Waals surface area contributed by atoms with E-state index in [1.165, 1.54) is 12.1 Å². The minimum absolute atomic E-state index is 0.0562. The second kappa shape index (κ2) is 5.68. The Morgan fingerprint density at radius 2 is 2.10 bits per heavy atom. The Labute approximate surface area is 122 Å². The summed E-state index contributed by atoms with van der Waals surface area (Å²) in [5.41, 5.74) is 3.07. The van der Waals surface area contributed by atoms with Crippen molar-refractivity contribution in [2.75, 3.05) is 5.32 Å². The number of hydrogen-bond acceptors (Lipinski definition) is 2. The van der Waals surface area contributed by atoms with Crippen molar-refractivity contribution in [2.24, 2.45) is 5.92 Å². The van der Waals surface area contributed by atoms with E-state index < -0.39 is 0 Å². The summed E-state index contributed by atoms with van der Waals surface area (Å²) in [5, 5.41) is 10.2. The van der Waals surface area contributed by atoms with Gasteiger partial charge >= 0.3 is 0 Å². The maximum Gasteiger partial charge on any atom is 0.227 e. The molecule has 0 unspecified atom stereocenters. The van der Waals surface area contributed by atoms with Crippen molar-refractivity contribution in [3.63, 3.8) is 0 Å². The molecule has 2 aromatic rings. The molecule has 0 saturated heterocycles. The van der Waals surface area contributed by atoms with Crippen LogP contribution in [0.1, 0.15) is 31.9 Å². The van der Waals surface area contributed by atoms with Crippen LogP contribution in [0.3, 0.4) is 0 Å². The van der Waals surface area contributed by atoms with Gasteiger partial charge in [-0.2, -0.15) is 5.10 Å². The first-order valence-electron chi connectivity index (χ1n) is 7.33. The summed E-state index contributed by atoms with van der Waals surface area (Å²) in [6.07, 6.45) is 3.78. The standard InChI is InChI=1S/C16H18FN3O/c1-2-13-15(18-16(21)11-4-3-5-11)14(20-19-13)10-6-8-12(17)9-7-10/h6-9,11H,2-5H2,1H3,(H,18,21)(H,19,20). The second-order valence-corrected chi connectivity index (χ2v) is 5.40. The zero-order valence-electron chi connectivity index (χ0n) is 11.9. The lowest BCUT2D eigenvalue weighted by Gasteiger charge is -2.24. The van der Waals surface area contributed by atoms with E-state index in [0.29, 0.717) is 5.69 Å². The topological polar surface area (TPSA) is 57.8 Å². The fourth-order valence-electron chi connectivity index (χ4n) is 2.48. The maximum atomic E-state index is 13.0. The lowest BCUT2D eigenvalue weighted by atomic mass is 9.84. The monoisotopic (exact) mass is 287 g/mol. The summed E-state index contributed by atoms with van der Waals surface area (Å²) in [6, 6.07) is 6.13. The summed E-state index contributed by atoms with van der Waals surface area (Å²) in [6.45, 7) is 2.00. The number of nitrogens with zero attached hydrogens (tertiary/aromatic N) is 1. The number of nitrogens with one attached hydrogen (secondary N) is 2. The van der Waals surface area contributed by atoms with Crippen molar-refractivity contribution < 1.29 is 9.18 Å². The smallest absolute Gasteiger partial charge is 0.227 e. The van der Waals surface area contributed by atoms with Crippen LogP contribution in [0.25, 0.3) is 11.3 Å². The Bertz CT molecular complexity index is 644. The lowest BCUT2D eigenvalue weighted by molar-refractivity contribution is -0.122. The van der Waals surface area contributed by atoms with Gasteiger partial charge in [0, 0.05) is 11.5 Å². The number of anilines is 1. The van der Waals surface area contributed by atoms with E-state index in [4.69, 9.17) is 0 Å². The van der Waals surface area contributed by atoms with Crippen molar-refractivity contribution in [3.8, 4) is 11.3 Å². The van der Waals surface area contributed by atoms with Gasteiger partial charge in [0.2, 0.25) is 5.91 Å². The third kappa shape index (κ3) is 2.68. The number of benzene rings is 1. The molecule has 0 radical (unpaired) electrons. The number of aromatic amines is 1. The average Bonchev–Trinajstić information content (AvgIpc) is 2.80. The molecule has 3 rings (SSSR count). The predicted octanol–water partition coefficient (Wildman–Crippen LogP) is 3.52. The fraction of sp³-hybridized carbons (Fsp3) is 0.375. The molecular formula is C16H18FN3O. The van der Waals surface area contributed by atoms with Gasteiger partial charge in [0.05, 0.1) is 11.4 Å². The molecule has 0 spiro atoms. The van der Waals surface area contributed by atoms with Crippen molar-refractivity contribution in [2.45, 2.75) is 32.6 Å². The number of halogens is 1. The van der Waals surface area contributed by atoms with Crippen LogP contribution in [0.4, 0.5) is 10.1 Å². The molecule has 1 aliphatic carbocycles. The molecule has 5 heteroatoms. The highest BCUT2D eigenvalue weighted by atomic mass is 19.1. The molecule has 1 heterocycles. The zero-order valence-corrected chi connectivity index (χ0v) is 11.9. The van der Waals surface area contributed by atoms with Gasteiger partial charge in [-0.05, 0) is 43.5 Å². The van der Waals surface area contributed by atoms with Crippen molar-refractivity contribution >= 4 is 11.6 Å². The molecule has 1 fully saturated rings. The summed E-state index contributed by atoms with van der Waals surface area (Å²) < 4.78 is 13.0. The Balaban J connectivity index is 1.91. The van der Waals surface area contributed by atoms with Gasteiger partial charge in [-0.25, -0.2) is 4.39 Å². The van der Waals surface area contributed by atoms with Crippen LogP contribution in [0, 0.1) is 11.7 Å². The van der Waals surface area contributed by atoms with E-state index in [1.54, 1.807) is 12.1 Å². The number of carbonyl (C=O) groups excluding carboxylic acids is 1. The van der Waals surface area contributed by atoms with Crippen LogP contribution in [0.15, 0.2) is 24.3 Å². The number of hydrogen-bond donors (Lipinski definition) is 2. The van der Waals surface area contributed by atoms with Gasteiger partial charge in [0.25, 0.3) is 0 Å².